The van der Waals surface area contributed by atoms with Crippen LogP contribution in [0, 0.1) is 0 Å². The van der Waals surface area contributed by atoms with Crippen LogP contribution >= 0.6 is 12.4 Å². The topological polar surface area (TPSA) is 3.24 Å². The molecule has 2 heteroatoms. The molecule has 0 saturated carbocycles. The van der Waals surface area contributed by atoms with Crippen LogP contribution in [0.3, 0.4) is 0 Å². The van der Waals surface area contributed by atoms with E-state index in [0.29, 0.717) is 0 Å². The largest absolute Gasteiger partial charge is 0.298 e. The molecule has 2 unspecified atom stereocenters. The minimum absolute atomic E-state index is 0. The molecule has 0 saturated heterocycles. The molecule has 2 atom stereocenters. The Morgan fingerprint density at radius 2 is 0.733 bits per heavy atom. The van der Waals surface area contributed by atoms with Gasteiger partial charge in [-0.3, -0.25) is 4.90 Å². The van der Waals surface area contributed by atoms with Crippen LogP contribution in [0.1, 0.15) is 163 Å². The minimum atomic E-state index is 0. The van der Waals surface area contributed by atoms with Gasteiger partial charge < -0.3 is 0 Å². The van der Waals surface area contributed by atoms with E-state index in [1.807, 2.05) is 0 Å². The second kappa shape index (κ2) is 25.5. The quantitative estimate of drug-likeness (QED) is 0.141. The summed E-state index contributed by atoms with van der Waals surface area (Å²) < 4.78 is 0. The maximum Gasteiger partial charge on any atom is 0.00697 e. The summed E-state index contributed by atoms with van der Waals surface area (Å²) in [6, 6.07) is 1.54. The SMILES string of the molecule is CCCCCCCCCCCCN(C(C)CCCCCC)C(C)CCCCCC.Cl. The van der Waals surface area contributed by atoms with Crippen molar-refractivity contribution in [3.05, 3.63) is 0 Å². The molecule has 1 nitrogen and oxygen atoms in total. The molecule has 0 aromatic heterocycles. The van der Waals surface area contributed by atoms with Crippen molar-refractivity contribution in [3.8, 4) is 0 Å². The Bertz CT molecular complexity index is 289. The highest BCUT2D eigenvalue weighted by Crippen LogP contribution is 2.19. The summed E-state index contributed by atoms with van der Waals surface area (Å²) >= 11 is 0. The fourth-order valence-electron chi connectivity index (χ4n) is 4.72. The van der Waals surface area contributed by atoms with Crippen molar-refractivity contribution in [2.24, 2.45) is 0 Å². The fourth-order valence-corrected chi connectivity index (χ4v) is 4.72. The molecule has 0 radical (unpaired) electrons. The Morgan fingerprint density at radius 3 is 1.10 bits per heavy atom. The Kier molecular flexibility index (Phi) is 27.6. The van der Waals surface area contributed by atoms with Crippen LogP contribution in [0.5, 0.6) is 0 Å². The smallest absolute Gasteiger partial charge is 0.00697 e. The van der Waals surface area contributed by atoms with E-state index < -0.39 is 0 Å². The van der Waals surface area contributed by atoms with Crippen LogP contribution in [-0.2, 0) is 0 Å². The van der Waals surface area contributed by atoms with Crippen LogP contribution in [0.15, 0.2) is 0 Å². The van der Waals surface area contributed by atoms with E-state index in [2.05, 4.69) is 39.5 Å². The van der Waals surface area contributed by atoms with Crippen molar-refractivity contribution in [2.45, 2.75) is 175 Å². The first kappa shape index (κ1) is 32.4. The Morgan fingerprint density at radius 1 is 0.433 bits per heavy atom. The third-order valence-electron chi connectivity index (χ3n) is 6.85. The van der Waals surface area contributed by atoms with Gasteiger partial charge in [-0.1, -0.05) is 130 Å². The van der Waals surface area contributed by atoms with E-state index in [9.17, 15) is 0 Å². The average Bonchev–Trinajstić information content (AvgIpc) is 2.72. The molecule has 0 N–H and O–H groups in total. The molecular weight excluding hydrogens is 386 g/mol. The highest BCUT2D eigenvalue weighted by Gasteiger charge is 2.19. The number of nitrogens with zero attached hydrogens (tertiary/aromatic N) is 1. The number of hydrogen-bond donors (Lipinski definition) is 0. The first-order valence-corrected chi connectivity index (χ1v) is 13.9. The molecule has 0 fully saturated rings. The van der Waals surface area contributed by atoms with Gasteiger partial charge in [0.25, 0.3) is 0 Å². The second-order valence-electron chi connectivity index (χ2n) is 9.82. The van der Waals surface area contributed by atoms with Crippen molar-refractivity contribution in [1.29, 1.82) is 0 Å². The molecule has 0 aromatic rings. The molecule has 0 aliphatic carbocycles. The lowest BCUT2D eigenvalue weighted by molar-refractivity contribution is 0.132. The van der Waals surface area contributed by atoms with Gasteiger partial charge >= 0.3 is 0 Å². The molecule has 30 heavy (non-hydrogen) atoms. The predicted octanol–water partition coefficient (Wildman–Crippen LogP) is 10.3. The maximum absolute atomic E-state index is 2.88. The summed E-state index contributed by atoms with van der Waals surface area (Å²) in [5, 5.41) is 0. The van der Waals surface area contributed by atoms with Gasteiger partial charge in [-0.25, -0.2) is 0 Å². The number of hydrogen-bond acceptors (Lipinski definition) is 1. The number of unbranched alkanes of at least 4 members (excludes halogenated alkanes) is 15. The third kappa shape index (κ3) is 20.2. The lowest BCUT2D eigenvalue weighted by Gasteiger charge is -2.35. The zero-order chi connectivity index (χ0) is 21.6. The molecule has 0 aliphatic heterocycles. The van der Waals surface area contributed by atoms with E-state index in [1.54, 1.807) is 0 Å². The first-order chi connectivity index (χ1) is 14.2. The molecule has 0 bridgehead atoms. The second-order valence-corrected chi connectivity index (χ2v) is 9.82. The summed E-state index contributed by atoms with van der Waals surface area (Å²) in [5.41, 5.74) is 0. The van der Waals surface area contributed by atoms with Crippen LogP contribution in [0.25, 0.3) is 0 Å². The van der Waals surface area contributed by atoms with Crippen molar-refractivity contribution in [3.63, 3.8) is 0 Å². The highest BCUT2D eigenvalue weighted by molar-refractivity contribution is 5.85. The van der Waals surface area contributed by atoms with Crippen molar-refractivity contribution in [1.82, 2.24) is 4.90 Å². The van der Waals surface area contributed by atoms with Crippen LogP contribution in [0.4, 0.5) is 0 Å². The lowest BCUT2D eigenvalue weighted by Crippen LogP contribution is -2.41. The van der Waals surface area contributed by atoms with Crippen molar-refractivity contribution in [2.75, 3.05) is 6.54 Å². The van der Waals surface area contributed by atoms with Gasteiger partial charge in [0.2, 0.25) is 0 Å². The summed E-state index contributed by atoms with van der Waals surface area (Å²) in [4.78, 5) is 2.88. The Hall–Kier alpha value is 0.250. The third-order valence-corrected chi connectivity index (χ3v) is 6.85. The van der Waals surface area contributed by atoms with E-state index in [0.717, 1.165) is 12.1 Å². The van der Waals surface area contributed by atoms with Gasteiger partial charge in [-0.05, 0) is 39.7 Å². The summed E-state index contributed by atoms with van der Waals surface area (Å²) in [5.74, 6) is 0. The average molecular weight is 446 g/mol. The van der Waals surface area contributed by atoms with Crippen LogP contribution in [0.2, 0.25) is 0 Å². The van der Waals surface area contributed by atoms with E-state index >= 15 is 0 Å². The van der Waals surface area contributed by atoms with E-state index in [-0.39, 0.29) is 12.4 Å². The molecule has 0 aromatic carbocycles. The predicted molar refractivity (Wildman–Crippen MR) is 142 cm³/mol. The lowest BCUT2D eigenvalue weighted by atomic mass is 10.0. The number of halogens is 1. The summed E-state index contributed by atoms with van der Waals surface area (Å²) in [7, 11) is 0. The van der Waals surface area contributed by atoms with E-state index in [1.165, 1.54) is 135 Å². The summed E-state index contributed by atoms with van der Waals surface area (Å²) in [6.45, 7) is 13.3. The monoisotopic (exact) mass is 445 g/mol. The minimum Gasteiger partial charge on any atom is -0.298 e. The normalized spacial score (nSPS) is 13.4. The maximum atomic E-state index is 2.88. The van der Waals surface area contributed by atoms with Gasteiger partial charge in [-0.2, -0.15) is 0 Å². The number of rotatable bonds is 23. The molecule has 0 rings (SSSR count). The molecule has 0 aliphatic rings. The Balaban J connectivity index is 0. The van der Waals surface area contributed by atoms with Crippen LogP contribution < -0.4 is 0 Å². The first-order valence-electron chi connectivity index (χ1n) is 13.9. The van der Waals surface area contributed by atoms with Crippen LogP contribution in [-0.4, -0.2) is 23.5 Å². The standard InChI is InChI=1S/C28H59N.ClH/c1-6-9-12-15-16-17-18-19-20-23-26-29(27(4)24-21-13-10-7-2)28(5)25-22-14-11-8-3;/h27-28H,6-26H2,1-5H3;1H. The molecule has 0 heterocycles. The van der Waals surface area contributed by atoms with E-state index in [4.69, 9.17) is 0 Å². The molecule has 184 valence electrons. The zero-order valence-corrected chi connectivity index (χ0v) is 22.7. The summed E-state index contributed by atoms with van der Waals surface area (Å²) in [6.07, 6.45) is 28.5. The fraction of sp³-hybridized carbons (Fsp3) is 1.00. The Labute approximate surface area is 199 Å². The van der Waals surface area contributed by atoms with Crippen molar-refractivity contribution >= 4 is 12.4 Å². The molecule has 0 amide bonds. The highest BCUT2D eigenvalue weighted by atomic mass is 35.5. The van der Waals surface area contributed by atoms with Gasteiger partial charge in [0.1, 0.15) is 0 Å². The van der Waals surface area contributed by atoms with Crippen molar-refractivity contribution < 1.29 is 0 Å². The van der Waals surface area contributed by atoms with Gasteiger partial charge in [0, 0.05) is 12.1 Å². The van der Waals surface area contributed by atoms with Gasteiger partial charge in [0.15, 0.2) is 0 Å². The van der Waals surface area contributed by atoms with Gasteiger partial charge in [0.05, 0.1) is 0 Å². The van der Waals surface area contributed by atoms with Gasteiger partial charge in [-0.15, -0.1) is 12.4 Å². The zero-order valence-electron chi connectivity index (χ0n) is 21.9. The molecule has 0 spiro atoms. The molecular formula is C28H60ClN.